The predicted octanol–water partition coefficient (Wildman–Crippen LogP) is 3.61. The molecule has 0 amide bonds. The number of hydrogen-bond donors (Lipinski definition) is 0. The number of ether oxygens (including phenoxy) is 1. The number of carbonyl (C=O) groups excluding carboxylic acids is 1. The van der Waals surface area contributed by atoms with E-state index >= 15 is 0 Å². The first-order chi connectivity index (χ1) is 11.2. The number of carbonyl (C=O) groups is 1. The smallest absolute Gasteiger partial charge is 0.356 e. The van der Waals surface area contributed by atoms with Gasteiger partial charge in [0.15, 0.2) is 5.69 Å². The molecule has 2 bridgehead atoms. The maximum Gasteiger partial charge on any atom is 0.356 e. The van der Waals surface area contributed by atoms with Gasteiger partial charge in [-0.2, -0.15) is 5.10 Å². The molecule has 1 saturated carbocycles. The number of aromatic nitrogens is 2. The zero-order valence-corrected chi connectivity index (χ0v) is 13.1. The van der Waals surface area contributed by atoms with E-state index in [1.807, 2.05) is 6.92 Å². The zero-order chi connectivity index (χ0) is 16.0. The van der Waals surface area contributed by atoms with Crippen LogP contribution in [0, 0.1) is 5.82 Å². The van der Waals surface area contributed by atoms with Gasteiger partial charge in [-0.1, -0.05) is 12.1 Å². The summed E-state index contributed by atoms with van der Waals surface area (Å²) in [4.78, 5) is 12.5. The second-order valence-electron chi connectivity index (χ2n) is 6.36. The molecule has 1 aromatic carbocycles. The summed E-state index contributed by atoms with van der Waals surface area (Å²) in [5, 5.41) is 4.72. The van der Waals surface area contributed by atoms with E-state index in [2.05, 4.69) is 0 Å². The summed E-state index contributed by atoms with van der Waals surface area (Å²) in [6.07, 6.45) is 3.40. The summed E-state index contributed by atoms with van der Waals surface area (Å²) in [7, 11) is 0. The highest BCUT2D eigenvalue weighted by atomic mass is 19.1. The van der Waals surface area contributed by atoms with Crippen LogP contribution in [0.3, 0.4) is 0 Å². The molecule has 0 N–H and O–H groups in total. The molecule has 1 aromatic heterocycles. The van der Waals surface area contributed by atoms with Gasteiger partial charge < -0.3 is 4.74 Å². The summed E-state index contributed by atoms with van der Waals surface area (Å²) in [6, 6.07) is 6.32. The third-order valence-corrected chi connectivity index (χ3v) is 4.96. The van der Waals surface area contributed by atoms with Gasteiger partial charge in [0, 0.05) is 11.5 Å². The van der Waals surface area contributed by atoms with Gasteiger partial charge in [0.05, 0.1) is 18.8 Å². The minimum absolute atomic E-state index is 0.264. The van der Waals surface area contributed by atoms with Crippen LogP contribution in [0.1, 0.15) is 65.3 Å². The Labute approximate surface area is 134 Å². The van der Waals surface area contributed by atoms with Crippen molar-refractivity contribution in [2.75, 3.05) is 6.61 Å². The molecule has 2 aromatic rings. The van der Waals surface area contributed by atoms with Gasteiger partial charge in [0.25, 0.3) is 0 Å². The number of hydrogen-bond acceptors (Lipinski definition) is 3. The number of halogens is 1. The number of esters is 1. The van der Waals surface area contributed by atoms with Crippen LogP contribution in [0.15, 0.2) is 24.3 Å². The van der Waals surface area contributed by atoms with Crippen molar-refractivity contribution >= 4 is 5.97 Å². The molecule has 4 nitrogen and oxygen atoms in total. The first-order valence-corrected chi connectivity index (χ1v) is 8.19. The number of rotatable bonds is 4. The van der Waals surface area contributed by atoms with Crippen molar-refractivity contribution in [2.45, 2.75) is 44.6 Å². The van der Waals surface area contributed by atoms with E-state index in [0.29, 0.717) is 30.7 Å². The first-order valence-electron chi connectivity index (χ1n) is 8.19. The molecule has 1 heterocycles. The van der Waals surface area contributed by atoms with Gasteiger partial charge in [-0.05, 0) is 49.8 Å². The van der Waals surface area contributed by atoms with Crippen molar-refractivity contribution in [1.82, 2.24) is 9.78 Å². The van der Waals surface area contributed by atoms with E-state index in [0.717, 1.165) is 36.1 Å². The van der Waals surface area contributed by atoms with Crippen molar-refractivity contribution in [1.29, 1.82) is 0 Å². The van der Waals surface area contributed by atoms with Crippen molar-refractivity contribution in [3.05, 3.63) is 52.6 Å². The average Bonchev–Trinajstić information content (AvgIpc) is 3.21. The molecule has 1 fully saturated rings. The fraction of sp³-hybridized carbons (Fsp3) is 0.444. The normalized spacial score (nSPS) is 21.5. The standard InChI is InChI=1S/C18H19FN2O2/c1-2-23-18(22)17-15-12-5-6-13(9-12)16(15)20-21(17)10-11-3-7-14(19)8-4-11/h3-4,7-8,12-13H,2,5-6,9-10H2,1H3. The molecule has 0 aliphatic heterocycles. The van der Waals surface area contributed by atoms with Crippen LogP contribution in [0.25, 0.3) is 0 Å². The molecule has 2 aliphatic rings. The fourth-order valence-electron chi connectivity index (χ4n) is 3.98. The third kappa shape index (κ3) is 2.35. The van der Waals surface area contributed by atoms with E-state index in [-0.39, 0.29) is 11.8 Å². The van der Waals surface area contributed by atoms with E-state index < -0.39 is 0 Å². The van der Waals surface area contributed by atoms with E-state index in [9.17, 15) is 9.18 Å². The Kier molecular flexibility index (Phi) is 3.43. The molecule has 4 rings (SSSR count). The lowest BCUT2D eigenvalue weighted by molar-refractivity contribution is 0.0510. The molecular weight excluding hydrogens is 295 g/mol. The van der Waals surface area contributed by atoms with Crippen molar-refractivity contribution < 1.29 is 13.9 Å². The predicted molar refractivity (Wildman–Crippen MR) is 83.0 cm³/mol. The Morgan fingerprint density at radius 3 is 2.78 bits per heavy atom. The lowest BCUT2D eigenvalue weighted by Gasteiger charge is -2.12. The zero-order valence-electron chi connectivity index (χ0n) is 13.1. The first kappa shape index (κ1) is 14.4. The van der Waals surface area contributed by atoms with Crippen molar-refractivity contribution in [2.24, 2.45) is 0 Å². The molecule has 0 radical (unpaired) electrons. The van der Waals surface area contributed by atoms with Crippen molar-refractivity contribution in [3.8, 4) is 0 Å². The number of fused-ring (bicyclic) bond motifs is 5. The minimum atomic E-state index is -0.295. The Hall–Kier alpha value is -2.17. The molecule has 0 spiro atoms. The monoisotopic (exact) mass is 314 g/mol. The van der Waals surface area contributed by atoms with Crippen LogP contribution in [-0.2, 0) is 11.3 Å². The quantitative estimate of drug-likeness (QED) is 0.810. The van der Waals surface area contributed by atoms with Gasteiger partial charge in [-0.15, -0.1) is 0 Å². The summed E-state index contributed by atoms with van der Waals surface area (Å²) in [5.74, 6) is 0.366. The third-order valence-electron chi connectivity index (χ3n) is 4.96. The largest absolute Gasteiger partial charge is 0.461 e. The Morgan fingerprint density at radius 2 is 2.04 bits per heavy atom. The summed E-state index contributed by atoms with van der Waals surface area (Å²) >= 11 is 0. The van der Waals surface area contributed by atoms with Crippen LogP contribution >= 0.6 is 0 Å². The molecule has 0 saturated heterocycles. The summed E-state index contributed by atoms with van der Waals surface area (Å²) in [5.41, 5.74) is 3.69. The van der Waals surface area contributed by atoms with E-state index in [1.54, 1.807) is 16.8 Å². The fourth-order valence-corrected chi connectivity index (χ4v) is 3.98. The topological polar surface area (TPSA) is 44.1 Å². The average molecular weight is 314 g/mol. The maximum atomic E-state index is 13.1. The lowest BCUT2D eigenvalue weighted by Crippen LogP contribution is -2.16. The molecule has 2 atom stereocenters. The molecule has 5 heteroatoms. The molecular formula is C18H19FN2O2. The van der Waals surface area contributed by atoms with Gasteiger partial charge in [0.2, 0.25) is 0 Å². The highest BCUT2D eigenvalue weighted by molar-refractivity contribution is 5.90. The summed E-state index contributed by atoms with van der Waals surface area (Å²) in [6.45, 7) is 2.62. The van der Waals surface area contributed by atoms with Gasteiger partial charge in [-0.3, -0.25) is 4.68 Å². The van der Waals surface area contributed by atoms with Gasteiger partial charge in [-0.25, -0.2) is 9.18 Å². The van der Waals surface area contributed by atoms with E-state index in [1.165, 1.54) is 12.1 Å². The van der Waals surface area contributed by atoms with Gasteiger partial charge in [0.1, 0.15) is 5.82 Å². The highest BCUT2D eigenvalue weighted by Crippen LogP contribution is 2.53. The highest BCUT2D eigenvalue weighted by Gasteiger charge is 2.43. The van der Waals surface area contributed by atoms with Gasteiger partial charge >= 0.3 is 5.97 Å². The van der Waals surface area contributed by atoms with Crippen LogP contribution in [0.4, 0.5) is 4.39 Å². The van der Waals surface area contributed by atoms with E-state index in [4.69, 9.17) is 9.84 Å². The second-order valence-corrected chi connectivity index (χ2v) is 6.36. The molecule has 120 valence electrons. The SMILES string of the molecule is CCOC(=O)c1c2c(nn1Cc1ccc(F)cc1)C1CCC2C1. The summed E-state index contributed by atoms with van der Waals surface area (Å²) < 4.78 is 20.1. The molecule has 23 heavy (non-hydrogen) atoms. The maximum absolute atomic E-state index is 13.1. The second kappa shape index (κ2) is 5.48. The minimum Gasteiger partial charge on any atom is -0.461 e. The number of benzene rings is 1. The Morgan fingerprint density at radius 1 is 1.30 bits per heavy atom. The Bertz CT molecular complexity index is 751. The lowest BCUT2D eigenvalue weighted by atomic mass is 9.95. The molecule has 2 aliphatic carbocycles. The number of nitrogens with zero attached hydrogens (tertiary/aromatic N) is 2. The van der Waals surface area contributed by atoms with Crippen LogP contribution in [-0.4, -0.2) is 22.4 Å². The Balaban J connectivity index is 1.74. The molecule has 2 unspecified atom stereocenters. The van der Waals surface area contributed by atoms with Crippen LogP contribution in [0.2, 0.25) is 0 Å². The van der Waals surface area contributed by atoms with Crippen LogP contribution < -0.4 is 0 Å². The van der Waals surface area contributed by atoms with Crippen molar-refractivity contribution in [3.63, 3.8) is 0 Å². The van der Waals surface area contributed by atoms with Crippen LogP contribution in [0.5, 0.6) is 0 Å².